The summed E-state index contributed by atoms with van der Waals surface area (Å²) in [5, 5.41) is 0. The van der Waals surface area contributed by atoms with Crippen LogP contribution in [0.5, 0.6) is 0 Å². The molecule has 0 N–H and O–H groups in total. The van der Waals surface area contributed by atoms with Crippen LogP contribution in [0.1, 0.15) is 24.8 Å². The van der Waals surface area contributed by atoms with E-state index in [1.807, 2.05) is 36.4 Å². The van der Waals surface area contributed by atoms with Gasteiger partial charge in [0.05, 0.1) is 0 Å². The number of ketones is 1. The van der Waals surface area contributed by atoms with Crippen molar-refractivity contribution in [3.8, 4) is 0 Å². The Kier molecular flexibility index (Phi) is 6.67. The number of allylic oxidation sites excluding steroid dienone is 2. The van der Waals surface area contributed by atoms with Crippen molar-refractivity contribution in [3.63, 3.8) is 0 Å². The second-order valence-electron chi connectivity index (χ2n) is 6.53. The van der Waals surface area contributed by atoms with Crippen LogP contribution in [-0.4, -0.2) is 30.4 Å². The van der Waals surface area contributed by atoms with E-state index in [1.165, 1.54) is 0 Å². The molecule has 1 saturated carbocycles. The van der Waals surface area contributed by atoms with Crippen molar-refractivity contribution in [2.24, 2.45) is 11.8 Å². The van der Waals surface area contributed by atoms with Crippen LogP contribution < -0.4 is 0 Å². The average Bonchev–Trinajstić information content (AvgIpc) is 3.13. The van der Waals surface area contributed by atoms with Gasteiger partial charge in [-0.15, -0.1) is 0 Å². The van der Waals surface area contributed by atoms with Crippen LogP contribution in [0.25, 0.3) is 0 Å². The summed E-state index contributed by atoms with van der Waals surface area (Å²) in [5.41, 5.74) is 1.51. The Balaban J connectivity index is 1.59. The molecule has 0 spiro atoms. The molecule has 0 radical (unpaired) electrons. The Labute approximate surface area is 151 Å². The quantitative estimate of drug-likeness (QED) is 0.303. The topological polar surface area (TPSA) is 60.4 Å². The van der Waals surface area contributed by atoms with Gasteiger partial charge in [-0.1, -0.05) is 6.07 Å². The normalized spacial score (nSPS) is 28.9. The molecule has 1 saturated heterocycles. The molecule has 3 rings (SSSR count). The zero-order valence-corrected chi connectivity index (χ0v) is 15.9. The fourth-order valence-electron chi connectivity index (χ4n) is 3.73. The van der Waals surface area contributed by atoms with E-state index in [9.17, 15) is 14.3 Å². The molecule has 1 aromatic rings. The predicted octanol–water partition coefficient (Wildman–Crippen LogP) is 3.30. The van der Waals surface area contributed by atoms with Gasteiger partial charge >= 0.3 is 145 Å². The molecule has 4 nitrogen and oxygen atoms in total. The summed E-state index contributed by atoms with van der Waals surface area (Å²) in [4.78, 5) is 23.8. The predicted molar refractivity (Wildman–Crippen MR) is 102 cm³/mol. The number of esters is 1. The van der Waals surface area contributed by atoms with E-state index in [0.29, 0.717) is 34.9 Å². The van der Waals surface area contributed by atoms with Crippen LogP contribution in [0.15, 0.2) is 42.5 Å². The zero-order valence-electron chi connectivity index (χ0n) is 13.9. The Morgan fingerprint density at radius 1 is 1.32 bits per heavy atom. The van der Waals surface area contributed by atoms with Gasteiger partial charge in [0.2, 0.25) is 0 Å². The summed E-state index contributed by atoms with van der Waals surface area (Å²) in [6.45, 7) is 0.977. The number of rotatable bonds is 8. The molecule has 1 aromatic carbocycles. The van der Waals surface area contributed by atoms with E-state index in [0.717, 1.165) is 25.3 Å². The molecule has 0 amide bonds. The summed E-state index contributed by atoms with van der Waals surface area (Å²) >= 11 is 0. The minimum absolute atomic E-state index is 0.0319. The van der Waals surface area contributed by atoms with Crippen molar-refractivity contribution >= 4 is 35.0 Å². The summed E-state index contributed by atoms with van der Waals surface area (Å²) in [7, 11) is 0.857. The third kappa shape index (κ3) is 4.93. The van der Waals surface area contributed by atoms with Crippen molar-refractivity contribution < 1.29 is 19.0 Å². The third-order valence-corrected chi connectivity index (χ3v) is 8.18. The van der Waals surface area contributed by atoms with Crippen LogP contribution in [0.3, 0.4) is 0 Å². The van der Waals surface area contributed by atoms with Gasteiger partial charge in [-0.3, -0.25) is 0 Å². The second-order valence-corrected chi connectivity index (χ2v) is 9.82. The first-order valence-electron chi connectivity index (χ1n) is 8.56. The van der Waals surface area contributed by atoms with Crippen molar-refractivity contribution in [2.45, 2.75) is 37.4 Å². The first-order valence-corrected chi connectivity index (χ1v) is 11.7. The number of fused-ring (bicyclic) bond motifs is 1. The maximum absolute atomic E-state index is 12.2. The third-order valence-electron chi connectivity index (χ3n) is 4.94. The van der Waals surface area contributed by atoms with Crippen molar-refractivity contribution in [1.29, 1.82) is 0 Å². The van der Waals surface area contributed by atoms with E-state index >= 15 is 0 Å². The molecule has 2 unspecified atom stereocenters. The molecule has 130 valence electrons. The van der Waals surface area contributed by atoms with E-state index in [2.05, 4.69) is 0 Å². The van der Waals surface area contributed by atoms with E-state index in [-0.39, 0.29) is 29.7 Å². The Morgan fingerprint density at radius 2 is 2.12 bits per heavy atom. The Morgan fingerprint density at radius 3 is 2.88 bits per heavy atom. The first-order chi connectivity index (χ1) is 12.2. The zero-order chi connectivity index (χ0) is 17.6. The number of hydrogen-bond acceptors (Lipinski definition) is 4. The van der Waals surface area contributed by atoms with Gasteiger partial charge in [-0.05, 0) is 0 Å². The van der Waals surface area contributed by atoms with Crippen LogP contribution in [0.2, 0.25) is 0 Å². The molecule has 2 aliphatic rings. The molecule has 25 heavy (non-hydrogen) atoms. The summed E-state index contributed by atoms with van der Waals surface area (Å²) in [6.07, 6.45) is 6.11. The van der Waals surface area contributed by atoms with Crippen LogP contribution in [-0.2, 0) is 25.5 Å². The fourth-order valence-corrected chi connectivity index (χ4v) is 6.69. The summed E-state index contributed by atoms with van der Waals surface area (Å²) < 4.78 is 16.1. The number of carbonyl (C=O) groups is 2. The average molecular weight is 374 g/mol. The Hall–Kier alpha value is -1.18. The Bertz CT molecular complexity index is 664. The molecule has 1 aliphatic carbocycles. The van der Waals surface area contributed by atoms with Crippen LogP contribution >= 0.6 is 16.4 Å². The number of hydrogen-bond donors (Lipinski definition) is 0. The van der Waals surface area contributed by atoms with E-state index < -0.39 is 0 Å². The molecule has 0 bridgehead atoms. The number of carbonyl (C=O) groups excluding carboxylic acids is 2. The second kappa shape index (κ2) is 8.96. The molecule has 6 atom stereocenters. The molecule has 1 aliphatic heterocycles. The first kappa shape index (κ1) is 18.6. The molecule has 0 aromatic heterocycles. The molecule has 2 fully saturated rings. The van der Waals surface area contributed by atoms with Gasteiger partial charge in [0.1, 0.15) is 0 Å². The molecular weight excluding hydrogens is 353 g/mol. The summed E-state index contributed by atoms with van der Waals surface area (Å²) in [5.74, 6) is 0.309. The van der Waals surface area contributed by atoms with Gasteiger partial charge in [-0.2, -0.15) is 0 Å². The van der Waals surface area contributed by atoms with Gasteiger partial charge < -0.3 is 0 Å². The molecule has 7 heteroatoms. The monoisotopic (exact) mass is 374 g/mol. The van der Waals surface area contributed by atoms with E-state index in [1.54, 1.807) is 6.08 Å². The van der Waals surface area contributed by atoms with Gasteiger partial charge in [-0.25, -0.2) is 0 Å². The fraction of sp³-hybridized carbons (Fsp3) is 0.444. The molecule has 1 heterocycles. The van der Waals surface area contributed by atoms with Crippen molar-refractivity contribution in [2.75, 3.05) is 0 Å². The maximum atomic E-state index is 12.2. The molecular formula is C18H21BO4P2. The summed E-state index contributed by atoms with van der Waals surface area (Å²) in [6, 6.07) is 9.97. The van der Waals surface area contributed by atoms with Gasteiger partial charge in [0.25, 0.3) is 0 Å². The van der Waals surface area contributed by atoms with Gasteiger partial charge in [0, 0.05) is 0 Å². The van der Waals surface area contributed by atoms with E-state index in [4.69, 9.17) is 4.74 Å². The van der Waals surface area contributed by atoms with Crippen LogP contribution in [0, 0.1) is 11.8 Å². The van der Waals surface area contributed by atoms with Crippen molar-refractivity contribution in [1.82, 2.24) is 0 Å². The number of aryl methyl sites for hydroxylation is 1. The minimum atomic E-state index is -0.136. The van der Waals surface area contributed by atoms with Crippen LogP contribution in [0.4, 0.5) is 0 Å². The van der Waals surface area contributed by atoms with Crippen molar-refractivity contribution in [3.05, 3.63) is 48.0 Å². The van der Waals surface area contributed by atoms with Gasteiger partial charge in [0.15, 0.2) is 0 Å². The standard InChI is InChI=1S/C18H21BO4P2/c20-13(7-6-12-4-2-1-3-5-12)8-9-14-15-10-18(21)23-16(15)11-17(14)24-25-19-22/h1-5,8-9,14-17,24-25H,6-7,10-11H2/b9-8+/t14-,15-,16+,17-/m1/s1. The number of benzene rings is 1. The number of ether oxygens (including phenoxy) is 1. The SMILES string of the molecule is O=BPP[C@@H]1C[C@@H]2OC(=O)C[C@@H]2[C@H]1/C=C/C(=O)CCc1ccccc1.